The molecule has 0 spiro atoms. The van der Waals surface area contributed by atoms with Gasteiger partial charge in [-0.1, -0.05) is 152 Å². The van der Waals surface area contributed by atoms with Crippen LogP contribution in [0.5, 0.6) is 0 Å². The number of hydrogen-bond donors (Lipinski definition) is 0. The van der Waals surface area contributed by atoms with Crippen LogP contribution < -0.4 is 0 Å². The molecule has 0 nitrogen and oxygen atoms in total. The fraction of sp³-hybridized carbons (Fsp3) is 0.750. The Hall–Kier alpha value is -1.30. The van der Waals surface area contributed by atoms with Crippen LogP contribution in [0.15, 0.2) is 59.3 Å². The standard InChI is InChI=1S/C40H70/c1-32(2)18-13-21-35(5)24-15-26-36(6)25-14-22-33(3)19-11-12-20-34(4)23-16-27-37(7)29-30-39-38(8)28-17-31-40(39,9)10/h15,18,24,26,28-30,33-34,36-37,39H,11-14,16-17,19-23,25,27,31H2,1-10H3/b26-15+,30-29+,35-24+. The van der Waals surface area contributed by atoms with Crippen LogP contribution in [-0.4, -0.2) is 0 Å². The molecule has 0 radical (unpaired) electrons. The maximum absolute atomic E-state index is 2.53. The summed E-state index contributed by atoms with van der Waals surface area (Å²) in [6.45, 7) is 23.6. The highest BCUT2D eigenvalue weighted by atomic mass is 14.3. The maximum Gasteiger partial charge on any atom is 0.00254 e. The molecular weight excluding hydrogens is 480 g/mol. The first kappa shape index (κ1) is 36.7. The number of hydrogen-bond acceptors (Lipinski definition) is 0. The van der Waals surface area contributed by atoms with E-state index in [1.165, 1.54) is 101 Å². The molecule has 1 rings (SSSR count). The SMILES string of the molecule is CC(C)=CCC/C(C)=C/C=C/C(C)CCCC(C)CCCCC(C)CCCC(C)/C=C/C1C(C)=CCCC1(C)C. The van der Waals surface area contributed by atoms with Gasteiger partial charge in [0.2, 0.25) is 0 Å². The largest absolute Gasteiger partial charge is 0.0856 e. The van der Waals surface area contributed by atoms with Crippen LogP contribution in [0.2, 0.25) is 0 Å². The molecule has 0 bridgehead atoms. The normalized spacial score (nSPS) is 20.9. The van der Waals surface area contributed by atoms with Crippen LogP contribution in [0.1, 0.15) is 159 Å². The molecule has 5 unspecified atom stereocenters. The lowest BCUT2D eigenvalue weighted by Gasteiger charge is -2.37. The highest BCUT2D eigenvalue weighted by Crippen LogP contribution is 2.41. The topological polar surface area (TPSA) is 0 Å². The zero-order valence-corrected chi connectivity index (χ0v) is 28.8. The van der Waals surface area contributed by atoms with Crippen LogP contribution >= 0.6 is 0 Å². The van der Waals surface area contributed by atoms with Gasteiger partial charge in [0.25, 0.3) is 0 Å². The first-order chi connectivity index (χ1) is 18.9. The van der Waals surface area contributed by atoms with E-state index < -0.39 is 0 Å². The minimum absolute atomic E-state index is 0.415. The number of unbranched alkanes of at least 4 members (excludes halogenated alkanes) is 1. The molecule has 1 aliphatic rings. The van der Waals surface area contributed by atoms with Crippen molar-refractivity contribution in [3.63, 3.8) is 0 Å². The van der Waals surface area contributed by atoms with Gasteiger partial charge in [-0.25, -0.2) is 0 Å². The second kappa shape index (κ2) is 20.6. The lowest BCUT2D eigenvalue weighted by molar-refractivity contribution is 0.255. The molecule has 5 atom stereocenters. The molecule has 0 saturated carbocycles. The first-order valence-corrected chi connectivity index (χ1v) is 17.2. The molecule has 0 aromatic heterocycles. The van der Waals surface area contributed by atoms with Gasteiger partial charge in [-0.05, 0) is 95.3 Å². The van der Waals surface area contributed by atoms with Crippen molar-refractivity contribution in [2.75, 3.05) is 0 Å². The second-order valence-corrected chi connectivity index (χ2v) is 14.9. The van der Waals surface area contributed by atoms with E-state index in [-0.39, 0.29) is 0 Å². The average molecular weight is 551 g/mol. The van der Waals surface area contributed by atoms with Crippen molar-refractivity contribution in [3.05, 3.63) is 59.3 Å². The molecule has 40 heavy (non-hydrogen) atoms. The Morgan fingerprint density at radius 3 is 1.93 bits per heavy atom. The van der Waals surface area contributed by atoms with E-state index in [9.17, 15) is 0 Å². The zero-order chi connectivity index (χ0) is 30.0. The number of allylic oxidation sites excluding steroid dienone is 10. The highest BCUT2D eigenvalue weighted by molar-refractivity contribution is 5.19. The quantitative estimate of drug-likeness (QED) is 0.0803. The van der Waals surface area contributed by atoms with Crippen LogP contribution in [0, 0.1) is 35.0 Å². The Labute approximate surface area is 253 Å². The van der Waals surface area contributed by atoms with Crippen molar-refractivity contribution in [3.8, 4) is 0 Å². The molecule has 0 aromatic carbocycles. The van der Waals surface area contributed by atoms with E-state index >= 15 is 0 Å². The fourth-order valence-corrected chi connectivity index (χ4v) is 6.41. The smallest absolute Gasteiger partial charge is 0.00254 e. The Balaban J connectivity index is 2.12. The molecule has 0 heteroatoms. The molecule has 0 aromatic rings. The lowest BCUT2D eigenvalue weighted by atomic mass is 9.68. The zero-order valence-electron chi connectivity index (χ0n) is 28.8. The minimum Gasteiger partial charge on any atom is -0.0856 e. The van der Waals surface area contributed by atoms with E-state index in [4.69, 9.17) is 0 Å². The lowest BCUT2D eigenvalue weighted by Crippen LogP contribution is -2.26. The fourth-order valence-electron chi connectivity index (χ4n) is 6.41. The molecule has 1 aliphatic carbocycles. The summed E-state index contributed by atoms with van der Waals surface area (Å²) in [5, 5.41) is 0. The summed E-state index contributed by atoms with van der Waals surface area (Å²) in [5.74, 6) is 3.78. The van der Waals surface area contributed by atoms with Gasteiger partial charge in [0.05, 0.1) is 0 Å². The molecule has 0 amide bonds. The predicted molar refractivity (Wildman–Crippen MR) is 184 cm³/mol. The third-order valence-corrected chi connectivity index (χ3v) is 9.49. The van der Waals surface area contributed by atoms with Crippen molar-refractivity contribution in [2.45, 2.75) is 159 Å². The molecular formula is C40H70. The average Bonchev–Trinajstić information content (AvgIpc) is 2.85. The predicted octanol–water partition coefficient (Wildman–Crippen LogP) is 13.6. The van der Waals surface area contributed by atoms with E-state index in [1.54, 1.807) is 5.57 Å². The first-order valence-electron chi connectivity index (χ1n) is 17.2. The van der Waals surface area contributed by atoms with E-state index in [0.29, 0.717) is 23.2 Å². The van der Waals surface area contributed by atoms with Crippen molar-refractivity contribution in [2.24, 2.45) is 35.0 Å². The van der Waals surface area contributed by atoms with Gasteiger partial charge in [-0.3, -0.25) is 0 Å². The van der Waals surface area contributed by atoms with Crippen molar-refractivity contribution < 1.29 is 0 Å². The monoisotopic (exact) mass is 551 g/mol. The summed E-state index contributed by atoms with van der Waals surface area (Å²) >= 11 is 0. The Bertz CT molecular complexity index is 809. The van der Waals surface area contributed by atoms with Gasteiger partial charge < -0.3 is 0 Å². The van der Waals surface area contributed by atoms with E-state index in [1.807, 2.05) is 0 Å². The molecule has 0 saturated heterocycles. The van der Waals surface area contributed by atoms with Gasteiger partial charge in [-0.2, -0.15) is 0 Å². The van der Waals surface area contributed by atoms with Crippen molar-refractivity contribution >= 4 is 0 Å². The highest BCUT2D eigenvalue weighted by Gasteiger charge is 2.30. The summed E-state index contributed by atoms with van der Waals surface area (Å²) in [7, 11) is 0. The minimum atomic E-state index is 0.415. The third kappa shape index (κ3) is 17.5. The van der Waals surface area contributed by atoms with Crippen molar-refractivity contribution in [1.29, 1.82) is 0 Å². The summed E-state index contributed by atoms with van der Waals surface area (Å²) in [4.78, 5) is 0. The van der Waals surface area contributed by atoms with Crippen molar-refractivity contribution in [1.82, 2.24) is 0 Å². The van der Waals surface area contributed by atoms with E-state index in [0.717, 1.165) is 11.8 Å². The molecule has 0 N–H and O–H groups in total. The van der Waals surface area contributed by atoms with Gasteiger partial charge in [0.1, 0.15) is 0 Å². The Morgan fingerprint density at radius 1 is 0.825 bits per heavy atom. The Morgan fingerprint density at radius 2 is 1.38 bits per heavy atom. The molecule has 0 heterocycles. The van der Waals surface area contributed by atoms with Gasteiger partial charge in [0, 0.05) is 5.92 Å². The summed E-state index contributed by atoms with van der Waals surface area (Å²) < 4.78 is 0. The molecule has 230 valence electrons. The second-order valence-electron chi connectivity index (χ2n) is 14.9. The van der Waals surface area contributed by atoms with Crippen LogP contribution in [-0.2, 0) is 0 Å². The van der Waals surface area contributed by atoms with Crippen LogP contribution in [0.25, 0.3) is 0 Å². The van der Waals surface area contributed by atoms with E-state index in [2.05, 4.69) is 112 Å². The molecule has 0 fully saturated rings. The van der Waals surface area contributed by atoms with Crippen LogP contribution in [0.3, 0.4) is 0 Å². The molecule has 0 aliphatic heterocycles. The van der Waals surface area contributed by atoms with Gasteiger partial charge in [-0.15, -0.1) is 0 Å². The van der Waals surface area contributed by atoms with Gasteiger partial charge in [0.15, 0.2) is 0 Å². The summed E-state index contributed by atoms with van der Waals surface area (Å²) in [6, 6.07) is 0. The Kier molecular flexibility index (Phi) is 18.9. The third-order valence-electron chi connectivity index (χ3n) is 9.49. The maximum atomic E-state index is 2.53. The van der Waals surface area contributed by atoms with Crippen LogP contribution in [0.4, 0.5) is 0 Å². The van der Waals surface area contributed by atoms with Gasteiger partial charge >= 0.3 is 0 Å². The number of rotatable bonds is 20. The summed E-state index contributed by atoms with van der Waals surface area (Å²) in [6.07, 6.45) is 35.6. The summed E-state index contributed by atoms with van der Waals surface area (Å²) in [5.41, 5.74) is 4.90.